The number of fused-ring (bicyclic) bond motifs is 5. The van der Waals surface area contributed by atoms with Crippen LogP contribution >= 0.6 is 0 Å². The summed E-state index contributed by atoms with van der Waals surface area (Å²) in [6, 6.07) is 6.80. The lowest BCUT2D eigenvalue weighted by Crippen LogP contribution is -2.50. The summed E-state index contributed by atoms with van der Waals surface area (Å²) in [5.74, 6) is 3.15. The van der Waals surface area contributed by atoms with Gasteiger partial charge in [0.05, 0.1) is 19.3 Å². The molecule has 0 radical (unpaired) electrons. The Morgan fingerprint density at radius 2 is 1.67 bits per heavy atom. The lowest BCUT2D eigenvalue weighted by atomic mass is 9.55. The molecule has 0 spiro atoms. The van der Waals surface area contributed by atoms with E-state index in [0.29, 0.717) is 11.8 Å². The van der Waals surface area contributed by atoms with Crippen molar-refractivity contribution in [3.63, 3.8) is 0 Å². The van der Waals surface area contributed by atoms with Crippen molar-refractivity contribution in [2.45, 2.75) is 96.4 Å². The van der Waals surface area contributed by atoms with E-state index in [1.54, 1.807) is 12.7 Å². The quantitative estimate of drug-likeness (QED) is 0.477. The Hall–Kier alpha value is -0.626. The van der Waals surface area contributed by atoms with Gasteiger partial charge in [0.15, 0.2) is 16.6 Å². The molecule has 168 valence electrons. The molecular formula is C25H42O3Si2. The molecule has 0 unspecified atom stereocenters. The Balaban J connectivity index is 1.65. The first kappa shape index (κ1) is 22.6. The van der Waals surface area contributed by atoms with E-state index in [1.807, 2.05) is 0 Å². The zero-order valence-corrected chi connectivity index (χ0v) is 22.4. The monoisotopic (exact) mass is 446 g/mol. The van der Waals surface area contributed by atoms with Gasteiger partial charge in [-0.25, -0.2) is 0 Å². The standard InChI is InChI=1S/C25H42O3Si2/c1-25-14-13-20-19-12-10-18(26-2)15-17(19)9-11-21(20)22(25)16-23(27-29(3,4)5)24(25)28-30(6,7)8/h10,12,15,20-24H,9,11,13-14,16H2,1-8H3/t20-,21-,22+,23-,24+,25+/m1/s1. The molecule has 3 nitrogen and oxygen atoms in total. The number of aryl methyl sites for hydroxylation is 1. The summed E-state index contributed by atoms with van der Waals surface area (Å²) >= 11 is 0. The lowest BCUT2D eigenvalue weighted by Gasteiger charge is -2.51. The van der Waals surface area contributed by atoms with Crippen LogP contribution in [-0.4, -0.2) is 36.0 Å². The highest BCUT2D eigenvalue weighted by molar-refractivity contribution is 6.70. The molecular weight excluding hydrogens is 404 g/mol. The van der Waals surface area contributed by atoms with Crippen molar-refractivity contribution < 1.29 is 13.6 Å². The highest BCUT2D eigenvalue weighted by atomic mass is 28.4. The predicted molar refractivity (Wildman–Crippen MR) is 129 cm³/mol. The minimum atomic E-state index is -1.65. The Bertz CT molecular complexity index is 782. The lowest BCUT2D eigenvalue weighted by molar-refractivity contribution is -0.0363. The van der Waals surface area contributed by atoms with Crippen LogP contribution in [0.3, 0.4) is 0 Å². The van der Waals surface area contributed by atoms with Crippen LogP contribution in [0.1, 0.15) is 49.7 Å². The van der Waals surface area contributed by atoms with E-state index >= 15 is 0 Å². The summed E-state index contributed by atoms with van der Waals surface area (Å²) in [7, 11) is -1.51. The summed E-state index contributed by atoms with van der Waals surface area (Å²) in [5, 5.41) is 0. The van der Waals surface area contributed by atoms with E-state index < -0.39 is 16.6 Å². The fourth-order valence-corrected chi connectivity index (χ4v) is 9.10. The number of ether oxygens (including phenoxy) is 1. The molecule has 6 atom stereocenters. The summed E-state index contributed by atoms with van der Waals surface area (Å²) in [4.78, 5) is 0. The molecule has 0 bridgehead atoms. The summed E-state index contributed by atoms with van der Waals surface area (Å²) < 4.78 is 19.2. The third kappa shape index (κ3) is 4.19. The molecule has 0 N–H and O–H groups in total. The summed E-state index contributed by atoms with van der Waals surface area (Å²) in [6.45, 7) is 16.5. The number of rotatable bonds is 5. The second-order valence-electron chi connectivity index (χ2n) is 12.2. The Morgan fingerprint density at radius 3 is 2.30 bits per heavy atom. The molecule has 3 aliphatic rings. The predicted octanol–water partition coefficient (Wildman–Crippen LogP) is 6.60. The van der Waals surface area contributed by atoms with Crippen LogP contribution < -0.4 is 4.74 Å². The maximum atomic E-state index is 6.93. The van der Waals surface area contributed by atoms with Gasteiger partial charge in [0.25, 0.3) is 0 Å². The fourth-order valence-electron chi connectivity index (χ4n) is 6.78. The molecule has 1 aromatic carbocycles. The smallest absolute Gasteiger partial charge is 0.184 e. The van der Waals surface area contributed by atoms with Gasteiger partial charge < -0.3 is 13.6 Å². The largest absolute Gasteiger partial charge is 0.497 e. The first-order chi connectivity index (χ1) is 13.9. The molecule has 0 heterocycles. The zero-order chi connectivity index (χ0) is 21.9. The van der Waals surface area contributed by atoms with E-state index in [4.69, 9.17) is 13.6 Å². The topological polar surface area (TPSA) is 27.7 Å². The van der Waals surface area contributed by atoms with Crippen molar-refractivity contribution >= 4 is 16.6 Å². The number of methoxy groups -OCH3 is 1. The van der Waals surface area contributed by atoms with Crippen molar-refractivity contribution in [1.29, 1.82) is 0 Å². The molecule has 0 aliphatic heterocycles. The Kier molecular flexibility index (Phi) is 5.83. The van der Waals surface area contributed by atoms with Crippen molar-refractivity contribution in [3.8, 4) is 5.75 Å². The fraction of sp³-hybridized carbons (Fsp3) is 0.760. The van der Waals surface area contributed by atoms with Crippen LogP contribution in [0.4, 0.5) is 0 Å². The molecule has 4 rings (SSSR count). The van der Waals surface area contributed by atoms with Crippen LogP contribution in [0.15, 0.2) is 18.2 Å². The van der Waals surface area contributed by atoms with Crippen LogP contribution in [0.25, 0.3) is 0 Å². The molecule has 2 saturated carbocycles. The van der Waals surface area contributed by atoms with E-state index in [-0.39, 0.29) is 17.6 Å². The van der Waals surface area contributed by atoms with Crippen molar-refractivity contribution in [2.75, 3.05) is 7.11 Å². The highest BCUT2D eigenvalue weighted by Crippen LogP contribution is 2.62. The van der Waals surface area contributed by atoms with E-state index in [2.05, 4.69) is 64.4 Å². The van der Waals surface area contributed by atoms with Gasteiger partial charge in [0.2, 0.25) is 0 Å². The van der Waals surface area contributed by atoms with Crippen LogP contribution in [0.5, 0.6) is 5.75 Å². The van der Waals surface area contributed by atoms with Gasteiger partial charge in [-0.2, -0.15) is 0 Å². The van der Waals surface area contributed by atoms with Crippen molar-refractivity contribution in [1.82, 2.24) is 0 Å². The maximum absolute atomic E-state index is 6.93. The summed E-state index contributed by atoms with van der Waals surface area (Å²) in [6.07, 6.45) is 6.73. The molecule has 0 saturated heterocycles. The van der Waals surface area contributed by atoms with Gasteiger partial charge in [0.1, 0.15) is 5.75 Å². The minimum absolute atomic E-state index is 0.246. The summed E-state index contributed by atoms with van der Waals surface area (Å²) in [5.41, 5.74) is 3.35. The SMILES string of the molecule is COc1ccc2c(c1)CC[C@@H]1[C@@H]2CC[C@@]2(C)[C@H]1C[C@@H](O[Si](C)(C)C)[C@@H]2O[Si](C)(C)C. The van der Waals surface area contributed by atoms with Gasteiger partial charge in [-0.05, 0) is 118 Å². The average Bonchev–Trinajstić information content (AvgIpc) is 2.90. The molecule has 2 fully saturated rings. The van der Waals surface area contributed by atoms with Crippen LogP contribution in [0.2, 0.25) is 39.3 Å². The first-order valence-corrected chi connectivity index (χ1v) is 18.8. The Morgan fingerprint density at radius 1 is 0.967 bits per heavy atom. The third-order valence-electron chi connectivity index (χ3n) is 7.83. The highest BCUT2D eigenvalue weighted by Gasteiger charge is 2.60. The normalized spacial score (nSPS) is 36.1. The molecule has 1 aromatic rings. The Labute approximate surface area is 186 Å². The average molecular weight is 447 g/mol. The third-order valence-corrected chi connectivity index (χ3v) is 9.80. The molecule has 0 aromatic heterocycles. The molecule has 30 heavy (non-hydrogen) atoms. The number of hydrogen-bond donors (Lipinski definition) is 0. The molecule has 5 heteroatoms. The zero-order valence-electron chi connectivity index (χ0n) is 20.4. The first-order valence-electron chi connectivity index (χ1n) is 11.9. The van der Waals surface area contributed by atoms with Gasteiger partial charge in [-0.15, -0.1) is 0 Å². The van der Waals surface area contributed by atoms with E-state index in [9.17, 15) is 0 Å². The van der Waals surface area contributed by atoms with Gasteiger partial charge in [-0.1, -0.05) is 13.0 Å². The second kappa shape index (κ2) is 7.75. The minimum Gasteiger partial charge on any atom is -0.497 e. The van der Waals surface area contributed by atoms with Gasteiger partial charge in [-0.3, -0.25) is 0 Å². The van der Waals surface area contributed by atoms with Crippen molar-refractivity contribution in [2.24, 2.45) is 17.3 Å². The maximum Gasteiger partial charge on any atom is 0.184 e. The van der Waals surface area contributed by atoms with Crippen LogP contribution in [-0.2, 0) is 15.3 Å². The van der Waals surface area contributed by atoms with E-state index in [1.165, 1.54) is 37.7 Å². The molecule has 3 aliphatic carbocycles. The number of hydrogen-bond acceptors (Lipinski definition) is 3. The molecule has 0 amide bonds. The van der Waals surface area contributed by atoms with Gasteiger partial charge >= 0.3 is 0 Å². The van der Waals surface area contributed by atoms with Crippen LogP contribution in [0, 0.1) is 17.3 Å². The number of benzene rings is 1. The van der Waals surface area contributed by atoms with Gasteiger partial charge in [0, 0.05) is 0 Å². The second-order valence-corrected chi connectivity index (χ2v) is 21.1. The van der Waals surface area contributed by atoms with Crippen molar-refractivity contribution in [3.05, 3.63) is 29.3 Å². The van der Waals surface area contributed by atoms with E-state index in [0.717, 1.165) is 11.7 Å².